The Morgan fingerprint density at radius 1 is 1.83 bits per heavy atom. The van der Waals surface area contributed by atoms with Crippen molar-refractivity contribution in [3.8, 4) is 0 Å². The average Bonchev–Trinajstić information content (AvgIpc) is 2.37. The van der Waals surface area contributed by atoms with E-state index in [0.29, 0.717) is 24.9 Å². The quantitative estimate of drug-likeness (QED) is 0.472. The highest BCUT2D eigenvalue weighted by Crippen LogP contribution is 1.98. The highest BCUT2D eigenvalue weighted by molar-refractivity contribution is 6.18. The summed E-state index contributed by atoms with van der Waals surface area (Å²) in [5.74, 6) is 0.832. The smallest absolute Gasteiger partial charge is 0.335 e. The van der Waals surface area contributed by atoms with Crippen LogP contribution in [0.3, 0.4) is 0 Å². The van der Waals surface area contributed by atoms with E-state index in [-0.39, 0.29) is 5.03 Å². The SMILES string of the molecule is O=[N+](O)NC1=NCCN1CCCl. The van der Waals surface area contributed by atoms with Crippen molar-refractivity contribution >= 4 is 17.6 Å². The van der Waals surface area contributed by atoms with Gasteiger partial charge in [-0.2, -0.15) is 0 Å². The van der Waals surface area contributed by atoms with E-state index in [2.05, 4.69) is 10.4 Å². The van der Waals surface area contributed by atoms with Gasteiger partial charge in [-0.15, -0.1) is 11.6 Å². The molecule has 1 aliphatic heterocycles. The summed E-state index contributed by atoms with van der Waals surface area (Å²) in [7, 11) is 0. The molecule has 1 rings (SSSR count). The Bertz CT molecular complexity index is 208. The van der Waals surface area contributed by atoms with Crippen LogP contribution < -0.4 is 5.43 Å². The maximum atomic E-state index is 10.2. The maximum Gasteiger partial charge on any atom is 0.362 e. The molecule has 0 atom stereocenters. The molecule has 0 spiro atoms. The summed E-state index contributed by atoms with van der Waals surface area (Å²) in [5.41, 5.74) is 2.13. The van der Waals surface area contributed by atoms with E-state index in [9.17, 15) is 4.91 Å². The van der Waals surface area contributed by atoms with E-state index in [1.807, 2.05) is 0 Å². The number of hydrogen-bond donors (Lipinski definition) is 2. The highest BCUT2D eigenvalue weighted by atomic mass is 35.5. The molecule has 0 amide bonds. The Hall–Kier alpha value is -1.04. The summed E-state index contributed by atoms with van der Waals surface area (Å²) >= 11 is 5.50. The van der Waals surface area contributed by atoms with Gasteiger partial charge in [0.1, 0.15) is 4.91 Å². The fourth-order valence-corrected chi connectivity index (χ4v) is 1.20. The van der Waals surface area contributed by atoms with Crippen LogP contribution in [-0.4, -0.2) is 46.6 Å². The molecule has 0 aromatic heterocycles. The van der Waals surface area contributed by atoms with Gasteiger partial charge in [0.15, 0.2) is 0 Å². The minimum atomic E-state index is -0.370. The summed E-state index contributed by atoms with van der Waals surface area (Å²) in [6, 6.07) is 0. The van der Waals surface area contributed by atoms with Crippen molar-refractivity contribution in [2.45, 2.75) is 0 Å². The van der Waals surface area contributed by atoms with Crippen molar-refractivity contribution in [3.05, 3.63) is 4.91 Å². The van der Waals surface area contributed by atoms with Gasteiger partial charge >= 0.3 is 5.03 Å². The van der Waals surface area contributed by atoms with Gasteiger partial charge in [-0.05, 0) is 5.43 Å². The molecule has 7 heteroatoms. The molecular weight excluding hydrogens is 184 g/mol. The summed E-state index contributed by atoms with van der Waals surface area (Å²) in [5, 5.41) is 7.96. The standard InChI is InChI=1S/C5H10ClN4O2/c6-1-3-9-4-2-7-5(9)8-10(11)12/h1-4H2,(H,7,8)(H,11,12)/q+1. The van der Waals surface area contributed by atoms with Crippen molar-refractivity contribution in [2.24, 2.45) is 4.99 Å². The van der Waals surface area contributed by atoms with Crippen LogP contribution in [0.15, 0.2) is 4.99 Å². The third kappa shape index (κ3) is 2.23. The first-order valence-electron chi connectivity index (χ1n) is 3.52. The summed E-state index contributed by atoms with van der Waals surface area (Å²) in [6.45, 7) is 1.96. The van der Waals surface area contributed by atoms with Gasteiger partial charge in [0.05, 0.1) is 6.54 Å². The number of rotatable bonds is 3. The van der Waals surface area contributed by atoms with Gasteiger partial charge in [0.25, 0.3) is 5.96 Å². The van der Waals surface area contributed by atoms with Crippen LogP contribution >= 0.6 is 11.6 Å². The van der Waals surface area contributed by atoms with E-state index >= 15 is 0 Å². The molecule has 68 valence electrons. The van der Waals surface area contributed by atoms with Crippen LogP contribution in [0.1, 0.15) is 0 Å². The van der Waals surface area contributed by atoms with Gasteiger partial charge in [0.2, 0.25) is 0 Å². The Labute approximate surface area is 74.3 Å². The molecule has 1 aliphatic rings. The molecule has 0 radical (unpaired) electrons. The molecular formula is C5H10ClN4O2+. The molecule has 12 heavy (non-hydrogen) atoms. The molecule has 2 N–H and O–H groups in total. The first kappa shape index (κ1) is 9.05. The third-order valence-corrected chi connectivity index (χ3v) is 1.65. The lowest BCUT2D eigenvalue weighted by atomic mass is 10.5. The molecule has 0 aromatic carbocycles. The van der Waals surface area contributed by atoms with Gasteiger partial charge in [-0.1, -0.05) is 0 Å². The lowest BCUT2D eigenvalue weighted by molar-refractivity contribution is -0.822. The largest absolute Gasteiger partial charge is 0.362 e. The lowest BCUT2D eigenvalue weighted by Gasteiger charge is -2.14. The van der Waals surface area contributed by atoms with Crippen molar-refractivity contribution < 1.29 is 10.2 Å². The molecule has 0 saturated heterocycles. The fraction of sp³-hybridized carbons (Fsp3) is 0.800. The minimum absolute atomic E-state index is 0.369. The highest BCUT2D eigenvalue weighted by Gasteiger charge is 2.21. The third-order valence-electron chi connectivity index (χ3n) is 1.48. The van der Waals surface area contributed by atoms with E-state index in [1.165, 1.54) is 0 Å². The number of hydrogen-bond acceptors (Lipinski definition) is 3. The van der Waals surface area contributed by atoms with Gasteiger partial charge in [-0.3, -0.25) is 0 Å². The van der Waals surface area contributed by atoms with Crippen LogP contribution in [-0.2, 0) is 0 Å². The van der Waals surface area contributed by atoms with E-state index in [4.69, 9.17) is 16.8 Å². The summed E-state index contributed by atoms with van der Waals surface area (Å²) in [6.07, 6.45) is 0. The molecule has 0 aliphatic carbocycles. The number of aliphatic imine (C=N–C) groups is 1. The topological polar surface area (TPSA) is 67.9 Å². The molecule has 1 heterocycles. The Balaban J connectivity index is 2.45. The normalized spacial score (nSPS) is 16.1. The second-order valence-electron chi connectivity index (χ2n) is 2.27. The lowest BCUT2D eigenvalue weighted by Crippen LogP contribution is -2.42. The first-order chi connectivity index (χ1) is 5.74. The van der Waals surface area contributed by atoms with Gasteiger partial charge < -0.3 is 4.90 Å². The number of halogens is 1. The number of nitrogens with zero attached hydrogens (tertiary/aromatic N) is 3. The van der Waals surface area contributed by atoms with Crippen LogP contribution in [0.25, 0.3) is 0 Å². The molecule has 0 bridgehead atoms. The van der Waals surface area contributed by atoms with Crippen molar-refractivity contribution in [2.75, 3.05) is 25.5 Å². The van der Waals surface area contributed by atoms with Crippen LogP contribution in [0.2, 0.25) is 0 Å². The molecule has 6 nitrogen and oxygen atoms in total. The summed E-state index contributed by atoms with van der Waals surface area (Å²) < 4.78 is 0. The zero-order valence-corrected chi connectivity index (χ0v) is 7.16. The monoisotopic (exact) mass is 193 g/mol. The van der Waals surface area contributed by atoms with Gasteiger partial charge in [0, 0.05) is 19.0 Å². The molecule has 0 fully saturated rings. The maximum absolute atomic E-state index is 10.2. The Morgan fingerprint density at radius 3 is 3.17 bits per heavy atom. The van der Waals surface area contributed by atoms with Gasteiger partial charge in [-0.25, -0.2) is 10.2 Å². The summed E-state index contributed by atoms with van der Waals surface area (Å²) in [4.78, 5) is 15.9. The molecule has 0 unspecified atom stereocenters. The molecule has 0 aromatic rings. The predicted molar refractivity (Wildman–Crippen MR) is 43.1 cm³/mol. The zero-order valence-electron chi connectivity index (χ0n) is 6.40. The van der Waals surface area contributed by atoms with Crippen molar-refractivity contribution in [1.82, 2.24) is 10.3 Å². The second-order valence-corrected chi connectivity index (χ2v) is 2.64. The first-order valence-corrected chi connectivity index (χ1v) is 4.05. The fourth-order valence-electron chi connectivity index (χ4n) is 0.994. The average molecular weight is 194 g/mol. The zero-order chi connectivity index (χ0) is 8.97. The van der Waals surface area contributed by atoms with Crippen molar-refractivity contribution in [3.63, 3.8) is 0 Å². The van der Waals surface area contributed by atoms with Crippen molar-refractivity contribution in [1.29, 1.82) is 0 Å². The Kier molecular flexibility index (Phi) is 3.09. The van der Waals surface area contributed by atoms with Crippen LogP contribution in [0, 0.1) is 4.91 Å². The number of alkyl halides is 1. The number of nitrogens with one attached hydrogen (secondary N) is 1. The minimum Gasteiger partial charge on any atom is -0.335 e. The predicted octanol–water partition coefficient (Wildman–Crippen LogP) is -0.431. The molecule has 0 saturated carbocycles. The van der Waals surface area contributed by atoms with E-state index in [0.717, 1.165) is 6.54 Å². The van der Waals surface area contributed by atoms with E-state index < -0.39 is 0 Å². The van der Waals surface area contributed by atoms with E-state index in [1.54, 1.807) is 4.90 Å². The second kappa shape index (κ2) is 4.10. The van der Waals surface area contributed by atoms with Crippen LogP contribution in [0.4, 0.5) is 0 Å². The number of hydrazine groups is 1. The van der Waals surface area contributed by atoms with Crippen LogP contribution in [0.5, 0.6) is 0 Å². The number of guanidine groups is 1. The Morgan fingerprint density at radius 2 is 2.58 bits per heavy atom.